The summed E-state index contributed by atoms with van der Waals surface area (Å²) in [6.07, 6.45) is 12.0. The van der Waals surface area contributed by atoms with Gasteiger partial charge in [-0.25, -0.2) is 0 Å². The summed E-state index contributed by atoms with van der Waals surface area (Å²) in [6.45, 7) is 1.77. The molecule has 2 aliphatic carbocycles. The Kier molecular flexibility index (Phi) is 4.11. The molecule has 1 N–H and O–H groups in total. The number of amides is 1. The molecule has 1 atom stereocenters. The third-order valence-corrected chi connectivity index (χ3v) is 5.75. The lowest BCUT2D eigenvalue weighted by molar-refractivity contribution is -0.127. The van der Waals surface area contributed by atoms with Crippen LogP contribution in [0.15, 0.2) is 0 Å². The van der Waals surface area contributed by atoms with Crippen molar-refractivity contribution in [2.24, 2.45) is 11.3 Å². The monoisotopic (exact) mass is 265 g/mol. The molecule has 108 valence electrons. The maximum Gasteiger partial charge on any atom is 0.220 e. The first-order chi connectivity index (χ1) is 9.28. The van der Waals surface area contributed by atoms with Crippen molar-refractivity contribution >= 4 is 5.91 Å². The van der Waals surface area contributed by atoms with E-state index in [0.29, 0.717) is 17.4 Å². The summed E-state index contributed by atoms with van der Waals surface area (Å²) in [5, 5.41) is 3.31. The maximum absolute atomic E-state index is 12.1. The fourth-order valence-corrected chi connectivity index (χ4v) is 4.20. The van der Waals surface area contributed by atoms with Gasteiger partial charge < -0.3 is 10.1 Å². The molecule has 0 aromatic rings. The molecule has 1 spiro atoms. The molecule has 1 heterocycles. The van der Waals surface area contributed by atoms with Crippen molar-refractivity contribution < 1.29 is 9.53 Å². The Morgan fingerprint density at radius 1 is 1.11 bits per heavy atom. The Labute approximate surface area is 116 Å². The van der Waals surface area contributed by atoms with Crippen LogP contribution in [-0.2, 0) is 9.53 Å². The minimum atomic E-state index is 0.294. The van der Waals surface area contributed by atoms with Gasteiger partial charge in [-0.05, 0) is 43.4 Å². The molecule has 2 saturated carbocycles. The van der Waals surface area contributed by atoms with Crippen LogP contribution in [0.2, 0.25) is 0 Å². The molecule has 0 bridgehead atoms. The zero-order valence-corrected chi connectivity index (χ0v) is 12.0. The number of carbonyl (C=O) groups excluding carboxylic acids is 1. The molecule has 3 aliphatic rings. The van der Waals surface area contributed by atoms with Crippen LogP contribution in [0.3, 0.4) is 0 Å². The van der Waals surface area contributed by atoms with Crippen LogP contribution in [0, 0.1) is 11.3 Å². The average molecular weight is 265 g/mol. The van der Waals surface area contributed by atoms with Crippen LogP contribution < -0.4 is 5.32 Å². The highest BCUT2D eigenvalue weighted by molar-refractivity contribution is 5.76. The number of hydrogen-bond donors (Lipinski definition) is 1. The Hall–Kier alpha value is -0.570. The van der Waals surface area contributed by atoms with Gasteiger partial charge in [0.05, 0.1) is 0 Å². The van der Waals surface area contributed by atoms with Crippen LogP contribution in [0.4, 0.5) is 0 Å². The molecule has 1 aliphatic heterocycles. The Bertz CT molecular complexity index is 317. The van der Waals surface area contributed by atoms with Crippen LogP contribution in [-0.4, -0.2) is 25.2 Å². The highest BCUT2D eigenvalue weighted by Gasteiger charge is 2.47. The first kappa shape index (κ1) is 13.4. The second-order valence-corrected chi connectivity index (χ2v) is 6.82. The van der Waals surface area contributed by atoms with Crippen molar-refractivity contribution in [3.63, 3.8) is 0 Å². The maximum atomic E-state index is 12.1. The predicted octanol–water partition coefficient (Wildman–Crippen LogP) is 3.03. The summed E-state index contributed by atoms with van der Waals surface area (Å²) in [7, 11) is 0. The summed E-state index contributed by atoms with van der Waals surface area (Å²) < 4.78 is 5.46. The van der Waals surface area contributed by atoms with Crippen LogP contribution >= 0.6 is 0 Å². The fraction of sp³-hybridized carbons (Fsp3) is 0.938. The molecule has 1 saturated heterocycles. The highest BCUT2D eigenvalue weighted by atomic mass is 16.5. The lowest BCUT2D eigenvalue weighted by Gasteiger charge is -2.52. The molecule has 3 fully saturated rings. The van der Waals surface area contributed by atoms with E-state index in [1.807, 2.05) is 0 Å². The molecule has 1 unspecified atom stereocenters. The van der Waals surface area contributed by atoms with Crippen LogP contribution in [0.5, 0.6) is 0 Å². The van der Waals surface area contributed by atoms with Crippen molar-refractivity contribution in [2.75, 3.05) is 13.2 Å². The number of carbonyl (C=O) groups is 1. The molecule has 3 heteroatoms. The van der Waals surface area contributed by atoms with E-state index in [0.717, 1.165) is 44.8 Å². The SMILES string of the molecule is O=C(CCC1CCCC1)NC1CCC12CCOCC2. The first-order valence-electron chi connectivity index (χ1n) is 8.16. The predicted molar refractivity (Wildman–Crippen MR) is 74.8 cm³/mol. The second kappa shape index (κ2) is 5.82. The standard InChI is InChI=1S/C16H27NO2/c18-15(6-5-13-3-1-2-4-13)17-14-7-8-16(14)9-11-19-12-10-16/h13-14H,1-12H2,(H,17,18). The van der Waals surface area contributed by atoms with E-state index in [-0.39, 0.29) is 0 Å². The summed E-state index contributed by atoms with van der Waals surface area (Å²) in [5.74, 6) is 1.12. The molecule has 3 rings (SSSR count). The zero-order valence-electron chi connectivity index (χ0n) is 12.0. The lowest BCUT2D eigenvalue weighted by atomic mass is 9.60. The molecular formula is C16H27NO2. The molecular weight excluding hydrogens is 238 g/mol. The normalized spacial score (nSPS) is 30.2. The number of nitrogens with one attached hydrogen (secondary N) is 1. The number of ether oxygens (including phenoxy) is 1. The van der Waals surface area contributed by atoms with Gasteiger partial charge in [0.1, 0.15) is 0 Å². The van der Waals surface area contributed by atoms with Gasteiger partial charge >= 0.3 is 0 Å². The Morgan fingerprint density at radius 3 is 2.47 bits per heavy atom. The van der Waals surface area contributed by atoms with Crippen LogP contribution in [0.1, 0.15) is 64.2 Å². The quantitative estimate of drug-likeness (QED) is 0.848. The lowest BCUT2D eigenvalue weighted by Crippen LogP contribution is -2.57. The molecule has 1 amide bonds. The average Bonchev–Trinajstić information content (AvgIpc) is 2.95. The summed E-state index contributed by atoms with van der Waals surface area (Å²) in [4.78, 5) is 12.1. The van der Waals surface area contributed by atoms with Crippen molar-refractivity contribution in [1.29, 1.82) is 0 Å². The highest BCUT2D eigenvalue weighted by Crippen LogP contribution is 2.48. The molecule has 19 heavy (non-hydrogen) atoms. The molecule has 3 nitrogen and oxygen atoms in total. The minimum absolute atomic E-state index is 0.294. The van der Waals surface area contributed by atoms with E-state index in [1.165, 1.54) is 38.5 Å². The van der Waals surface area contributed by atoms with Crippen LogP contribution in [0.25, 0.3) is 0 Å². The smallest absolute Gasteiger partial charge is 0.220 e. The van der Waals surface area contributed by atoms with E-state index in [9.17, 15) is 4.79 Å². The number of hydrogen-bond acceptors (Lipinski definition) is 2. The molecule has 0 aromatic heterocycles. The first-order valence-corrected chi connectivity index (χ1v) is 8.16. The third-order valence-electron chi connectivity index (χ3n) is 5.75. The van der Waals surface area contributed by atoms with Crippen molar-refractivity contribution in [3.8, 4) is 0 Å². The fourth-order valence-electron chi connectivity index (χ4n) is 4.20. The minimum Gasteiger partial charge on any atom is -0.381 e. The zero-order chi connectivity index (χ0) is 13.1. The Balaban J connectivity index is 1.41. The summed E-state index contributed by atoms with van der Waals surface area (Å²) >= 11 is 0. The topological polar surface area (TPSA) is 38.3 Å². The van der Waals surface area contributed by atoms with Gasteiger partial charge in [-0.2, -0.15) is 0 Å². The summed E-state index contributed by atoms with van der Waals surface area (Å²) in [5.41, 5.74) is 0.390. The second-order valence-electron chi connectivity index (χ2n) is 6.82. The van der Waals surface area contributed by atoms with Crippen molar-refractivity contribution in [1.82, 2.24) is 5.32 Å². The van der Waals surface area contributed by atoms with Gasteiger partial charge in [0.25, 0.3) is 0 Å². The molecule has 0 radical (unpaired) electrons. The van der Waals surface area contributed by atoms with Gasteiger partial charge in [-0.3, -0.25) is 4.79 Å². The summed E-state index contributed by atoms with van der Waals surface area (Å²) in [6, 6.07) is 0.437. The Morgan fingerprint density at radius 2 is 1.84 bits per heavy atom. The van der Waals surface area contributed by atoms with E-state index >= 15 is 0 Å². The van der Waals surface area contributed by atoms with Gasteiger partial charge in [0.2, 0.25) is 5.91 Å². The van der Waals surface area contributed by atoms with Gasteiger partial charge in [0, 0.05) is 25.7 Å². The largest absolute Gasteiger partial charge is 0.381 e. The van der Waals surface area contributed by atoms with E-state index < -0.39 is 0 Å². The van der Waals surface area contributed by atoms with E-state index in [2.05, 4.69) is 5.32 Å². The van der Waals surface area contributed by atoms with Crippen molar-refractivity contribution in [2.45, 2.75) is 70.3 Å². The van der Waals surface area contributed by atoms with E-state index in [1.54, 1.807) is 0 Å². The van der Waals surface area contributed by atoms with Crippen molar-refractivity contribution in [3.05, 3.63) is 0 Å². The third kappa shape index (κ3) is 2.96. The number of rotatable bonds is 4. The van der Waals surface area contributed by atoms with Gasteiger partial charge in [0.15, 0.2) is 0 Å². The van der Waals surface area contributed by atoms with Gasteiger partial charge in [-0.1, -0.05) is 25.7 Å². The van der Waals surface area contributed by atoms with Gasteiger partial charge in [-0.15, -0.1) is 0 Å². The van der Waals surface area contributed by atoms with E-state index in [4.69, 9.17) is 4.74 Å². The molecule has 0 aromatic carbocycles.